The topological polar surface area (TPSA) is 88.2 Å². The smallest absolute Gasteiger partial charge is 0.273 e. The molecule has 1 heterocycles. The van der Waals surface area contributed by atoms with E-state index in [1.165, 1.54) is 4.90 Å². The quantitative estimate of drug-likeness (QED) is 0.764. The second-order valence-corrected chi connectivity index (χ2v) is 7.82. The molecule has 4 saturated carbocycles. The molecule has 5 aliphatic rings. The molecule has 22 heavy (non-hydrogen) atoms. The molecule has 0 saturated heterocycles. The molecule has 4 fully saturated rings. The van der Waals surface area contributed by atoms with Gasteiger partial charge in [-0.1, -0.05) is 6.08 Å². The van der Waals surface area contributed by atoms with Crippen molar-refractivity contribution < 1.29 is 9.90 Å². The summed E-state index contributed by atoms with van der Waals surface area (Å²) < 4.78 is 0. The Balaban J connectivity index is 1.62. The molecule has 0 spiro atoms. The van der Waals surface area contributed by atoms with Crippen LogP contribution in [0.1, 0.15) is 44.9 Å². The average molecular weight is 299 g/mol. The first-order valence-corrected chi connectivity index (χ1v) is 8.15. The van der Waals surface area contributed by atoms with E-state index in [4.69, 9.17) is 10.7 Å². The largest absolute Gasteiger partial charge is 0.390 e. The Morgan fingerprint density at radius 1 is 1.32 bits per heavy atom. The number of rotatable bonds is 2. The zero-order chi connectivity index (χ0) is 15.5. The number of nitrogens with one attached hydrogen (secondary N) is 1. The summed E-state index contributed by atoms with van der Waals surface area (Å²) in [6.45, 7) is 0. The maximum absolute atomic E-state index is 12.8. The van der Waals surface area contributed by atoms with Gasteiger partial charge in [-0.15, -0.1) is 0 Å². The Labute approximate surface area is 130 Å². The van der Waals surface area contributed by atoms with Crippen LogP contribution in [0.5, 0.6) is 0 Å². The second kappa shape index (κ2) is 4.42. The minimum atomic E-state index is -0.674. The first kappa shape index (κ1) is 14.0. The van der Waals surface area contributed by atoms with Crippen LogP contribution in [0.25, 0.3) is 0 Å². The van der Waals surface area contributed by atoms with E-state index in [1.807, 2.05) is 6.08 Å². The summed E-state index contributed by atoms with van der Waals surface area (Å²) in [6.07, 6.45) is 9.04. The minimum Gasteiger partial charge on any atom is -0.390 e. The zero-order valence-electron chi connectivity index (χ0n) is 12.6. The van der Waals surface area contributed by atoms with Crippen LogP contribution in [-0.2, 0) is 4.79 Å². The van der Waals surface area contributed by atoms with Crippen molar-refractivity contribution in [2.75, 3.05) is 0 Å². The van der Waals surface area contributed by atoms with Crippen molar-refractivity contribution >= 4 is 11.6 Å². The van der Waals surface area contributed by atoms with Crippen molar-refractivity contribution in [1.29, 1.82) is 10.7 Å². The van der Waals surface area contributed by atoms with Crippen LogP contribution in [-0.4, -0.2) is 33.3 Å². The Morgan fingerprint density at radius 3 is 2.59 bits per heavy atom. The van der Waals surface area contributed by atoms with Gasteiger partial charge in [-0.2, -0.15) is 5.26 Å². The fourth-order valence-corrected chi connectivity index (χ4v) is 5.71. The molecule has 3 atom stereocenters. The van der Waals surface area contributed by atoms with E-state index in [1.54, 1.807) is 6.20 Å². The lowest BCUT2D eigenvalue weighted by atomic mass is 9.46. The van der Waals surface area contributed by atoms with Crippen LogP contribution < -0.4 is 0 Å². The monoisotopic (exact) mass is 299 g/mol. The van der Waals surface area contributed by atoms with Crippen molar-refractivity contribution in [3.63, 3.8) is 0 Å². The van der Waals surface area contributed by atoms with Crippen molar-refractivity contribution in [3.05, 3.63) is 12.3 Å². The van der Waals surface area contributed by atoms with Gasteiger partial charge in [-0.05, 0) is 50.4 Å². The molecule has 3 unspecified atom stereocenters. The molecule has 0 radical (unpaired) electrons. The molecule has 4 bridgehead atoms. The summed E-state index contributed by atoms with van der Waals surface area (Å²) in [5, 5.41) is 28.5. The molecule has 116 valence electrons. The SMILES string of the molecule is N#CC1CC=CN1C(=O)C(=N)C12CC3CC(CC(O)(C3)C1)C2. The summed E-state index contributed by atoms with van der Waals surface area (Å²) in [7, 11) is 0. The molecule has 4 aliphatic carbocycles. The molecule has 0 aromatic heterocycles. The Bertz CT molecular complexity index is 604. The highest BCUT2D eigenvalue weighted by atomic mass is 16.3. The minimum absolute atomic E-state index is 0.117. The van der Waals surface area contributed by atoms with Crippen LogP contribution in [0.2, 0.25) is 0 Å². The van der Waals surface area contributed by atoms with E-state index in [2.05, 4.69) is 6.07 Å². The molecule has 0 aromatic rings. The van der Waals surface area contributed by atoms with Gasteiger partial charge in [0.25, 0.3) is 5.91 Å². The highest BCUT2D eigenvalue weighted by molar-refractivity contribution is 6.40. The van der Waals surface area contributed by atoms with Gasteiger partial charge in [-0.25, -0.2) is 0 Å². The second-order valence-electron chi connectivity index (χ2n) is 7.82. The van der Waals surface area contributed by atoms with E-state index in [9.17, 15) is 9.90 Å². The van der Waals surface area contributed by atoms with E-state index in [0.29, 0.717) is 24.7 Å². The summed E-state index contributed by atoms with van der Waals surface area (Å²) in [5.74, 6) is 0.548. The average Bonchev–Trinajstić information content (AvgIpc) is 2.91. The number of nitrogens with zero attached hydrogens (tertiary/aromatic N) is 2. The van der Waals surface area contributed by atoms with Gasteiger partial charge in [0.15, 0.2) is 0 Å². The third kappa shape index (κ3) is 1.87. The van der Waals surface area contributed by atoms with Gasteiger partial charge in [0.05, 0.1) is 11.7 Å². The highest BCUT2D eigenvalue weighted by Gasteiger charge is 2.60. The molecule has 5 rings (SSSR count). The first-order chi connectivity index (χ1) is 10.4. The zero-order valence-corrected chi connectivity index (χ0v) is 12.6. The van der Waals surface area contributed by atoms with Gasteiger partial charge < -0.3 is 5.11 Å². The summed E-state index contributed by atoms with van der Waals surface area (Å²) in [6, 6.07) is 1.65. The van der Waals surface area contributed by atoms with E-state index in [0.717, 1.165) is 32.1 Å². The standard InChI is InChI=1S/C17H21N3O2/c18-9-13-2-1-3-20(13)15(21)14(19)16-5-11-4-12(6-16)8-17(22,7-11)10-16/h1,3,11-13,19,22H,2,4-8,10H2. The maximum atomic E-state index is 12.8. The fourth-order valence-electron chi connectivity index (χ4n) is 5.71. The van der Waals surface area contributed by atoms with E-state index >= 15 is 0 Å². The molecule has 5 heteroatoms. The van der Waals surface area contributed by atoms with Crippen molar-refractivity contribution in [2.24, 2.45) is 17.3 Å². The molecule has 0 aromatic carbocycles. The molecule has 5 nitrogen and oxygen atoms in total. The summed E-state index contributed by atoms with van der Waals surface area (Å²) in [4.78, 5) is 14.2. The molecule has 1 amide bonds. The van der Waals surface area contributed by atoms with E-state index in [-0.39, 0.29) is 11.6 Å². The summed E-state index contributed by atoms with van der Waals surface area (Å²) in [5.41, 5.74) is -1.02. The number of hydrogen-bond acceptors (Lipinski definition) is 4. The molecular formula is C17H21N3O2. The third-order valence-corrected chi connectivity index (χ3v) is 6.12. The Hall–Kier alpha value is -1.67. The lowest BCUT2D eigenvalue weighted by molar-refractivity contribution is -0.145. The normalized spacial score (nSPS) is 45.1. The Kier molecular flexibility index (Phi) is 2.80. The van der Waals surface area contributed by atoms with Crippen LogP contribution >= 0.6 is 0 Å². The highest BCUT2D eigenvalue weighted by Crippen LogP contribution is 2.62. The van der Waals surface area contributed by atoms with Crippen molar-refractivity contribution in [2.45, 2.75) is 56.6 Å². The Morgan fingerprint density at radius 2 is 2.00 bits per heavy atom. The van der Waals surface area contributed by atoms with Gasteiger partial charge in [0.1, 0.15) is 11.8 Å². The molecule has 2 N–H and O–H groups in total. The van der Waals surface area contributed by atoms with Crippen molar-refractivity contribution in [1.82, 2.24) is 4.90 Å². The fraction of sp³-hybridized carbons (Fsp3) is 0.706. The van der Waals surface area contributed by atoms with Crippen LogP contribution in [0.3, 0.4) is 0 Å². The number of amides is 1. The van der Waals surface area contributed by atoms with Gasteiger partial charge in [0.2, 0.25) is 0 Å². The van der Waals surface area contributed by atoms with Crippen LogP contribution in [0, 0.1) is 34.0 Å². The predicted octanol–water partition coefficient (Wildman–Crippen LogP) is 1.98. The number of nitriles is 1. The van der Waals surface area contributed by atoms with Gasteiger partial charge in [-0.3, -0.25) is 15.1 Å². The molecular weight excluding hydrogens is 278 g/mol. The van der Waals surface area contributed by atoms with Crippen LogP contribution in [0.4, 0.5) is 0 Å². The van der Waals surface area contributed by atoms with Gasteiger partial charge >= 0.3 is 0 Å². The maximum Gasteiger partial charge on any atom is 0.273 e. The number of aliphatic hydroxyl groups is 1. The number of carbonyl (C=O) groups is 1. The first-order valence-electron chi connectivity index (χ1n) is 8.15. The van der Waals surface area contributed by atoms with E-state index < -0.39 is 17.1 Å². The number of carbonyl (C=O) groups excluding carboxylic acids is 1. The van der Waals surface area contributed by atoms with Crippen LogP contribution in [0.15, 0.2) is 12.3 Å². The lowest BCUT2D eigenvalue weighted by Crippen LogP contribution is -2.60. The lowest BCUT2D eigenvalue weighted by Gasteiger charge is -2.60. The van der Waals surface area contributed by atoms with Crippen molar-refractivity contribution in [3.8, 4) is 6.07 Å². The third-order valence-electron chi connectivity index (χ3n) is 6.12. The predicted molar refractivity (Wildman–Crippen MR) is 79.8 cm³/mol. The number of hydrogen-bond donors (Lipinski definition) is 2. The molecule has 1 aliphatic heterocycles. The van der Waals surface area contributed by atoms with Gasteiger partial charge in [0, 0.05) is 18.0 Å². The summed E-state index contributed by atoms with van der Waals surface area (Å²) >= 11 is 0.